The Hall–Kier alpha value is -1.05. The summed E-state index contributed by atoms with van der Waals surface area (Å²) in [6.45, 7) is 5.92. The number of rotatable bonds is 6. The summed E-state index contributed by atoms with van der Waals surface area (Å²) in [7, 11) is 2.89. The SMILES string of the molecule is CCN(C(=O)c1cc(S(=O)(=O)Cl)c(C)o1)C(C)COC. The number of hydrogen-bond acceptors (Lipinski definition) is 5. The largest absolute Gasteiger partial charge is 0.455 e. The van der Waals surface area contributed by atoms with Gasteiger partial charge in [-0.3, -0.25) is 4.79 Å². The van der Waals surface area contributed by atoms with Crippen LogP contribution in [0.5, 0.6) is 0 Å². The molecule has 0 saturated carbocycles. The second-order valence-corrected chi connectivity index (χ2v) is 6.90. The number of halogens is 1. The van der Waals surface area contributed by atoms with Crippen molar-refractivity contribution in [1.82, 2.24) is 4.90 Å². The van der Waals surface area contributed by atoms with E-state index in [4.69, 9.17) is 19.8 Å². The lowest BCUT2D eigenvalue weighted by atomic mass is 10.2. The third-order valence-corrected chi connectivity index (χ3v) is 4.32. The molecule has 0 saturated heterocycles. The number of amides is 1. The Balaban J connectivity index is 3.08. The second-order valence-electron chi connectivity index (χ2n) is 4.36. The maximum Gasteiger partial charge on any atom is 0.289 e. The van der Waals surface area contributed by atoms with Gasteiger partial charge in [0.15, 0.2) is 5.76 Å². The monoisotopic (exact) mass is 323 g/mol. The molecule has 0 fully saturated rings. The fourth-order valence-corrected chi connectivity index (χ4v) is 3.03. The van der Waals surface area contributed by atoms with Crippen LogP contribution in [0.25, 0.3) is 0 Å². The Morgan fingerprint density at radius 1 is 1.55 bits per heavy atom. The van der Waals surface area contributed by atoms with Crippen LogP contribution in [0.2, 0.25) is 0 Å². The molecule has 114 valence electrons. The van der Waals surface area contributed by atoms with Gasteiger partial charge in [-0.2, -0.15) is 0 Å². The molecule has 1 rings (SSSR count). The highest BCUT2D eigenvalue weighted by Gasteiger charge is 2.27. The minimum Gasteiger partial charge on any atom is -0.455 e. The molecule has 1 atom stereocenters. The topological polar surface area (TPSA) is 76.8 Å². The smallest absolute Gasteiger partial charge is 0.289 e. The third kappa shape index (κ3) is 3.74. The molecule has 1 unspecified atom stereocenters. The molecule has 0 aliphatic carbocycles. The summed E-state index contributed by atoms with van der Waals surface area (Å²) in [5.41, 5.74) is 0. The van der Waals surface area contributed by atoms with E-state index in [1.54, 1.807) is 7.11 Å². The van der Waals surface area contributed by atoms with Gasteiger partial charge in [0.1, 0.15) is 10.7 Å². The van der Waals surface area contributed by atoms with Crippen LogP contribution in [0.4, 0.5) is 0 Å². The summed E-state index contributed by atoms with van der Waals surface area (Å²) >= 11 is 0. The minimum atomic E-state index is -3.93. The van der Waals surface area contributed by atoms with Gasteiger partial charge in [0, 0.05) is 30.4 Å². The van der Waals surface area contributed by atoms with Crippen LogP contribution in [-0.2, 0) is 13.8 Å². The Bertz CT molecular complexity index is 581. The highest BCUT2D eigenvalue weighted by Crippen LogP contribution is 2.24. The molecule has 6 nitrogen and oxygen atoms in total. The predicted molar refractivity (Wildman–Crippen MR) is 74.5 cm³/mol. The second kappa shape index (κ2) is 6.60. The molecule has 0 aromatic carbocycles. The van der Waals surface area contributed by atoms with Crippen LogP contribution >= 0.6 is 10.7 Å². The molecule has 0 spiro atoms. The van der Waals surface area contributed by atoms with E-state index in [0.29, 0.717) is 13.2 Å². The number of ether oxygens (including phenoxy) is 1. The zero-order valence-electron chi connectivity index (χ0n) is 11.8. The van der Waals surface area contributed by atoms with Crippen molar-refractivity contribution >= 4 is 25.6 Å². The quantitative estimate of drug-likeness (QED) is 0.748. The van der Waals surface area contributed by atoms with Gasteiger partial charge in [-0.05, 0) is 20.8 Å². The average molecular weight is 324 g/mol. The molecule has 1 amide bonds. The molecule has 0 radical (unpaired) electrons. The number of carbonyl (C=O) groups excluding carboxylic acids is 1. The number of furan rings is 1. The minimum absolute atomic E-state index is 0.0495. The van der Waals surface area contributed by atoms with Crippen molar-refractivity contribution in [3.8, 4) is 0 Å². The number of nitrogens with zero attached hydrogens (tertiary/aromatic N) is 1. The van der Waals surface area contributed by atoms with E-state index < -0.39 is 15.0 Å². The molecule has 0 N–H and O–H groups in total. The van der Waals surface area contributed by atoms with Crippen molar-refractivity contribution < 1.29 is 22.4 Å². The number of hydrogen-bond donors (Lipinski definition) is 0. The van der Waals surface area contributed by atoms with E-state index in [1.165, 1.54) is 11.8 Å². The highest BCUT2D eigenvalue weighted by molar-refractivity contribution is 8.13. The standard InChI is InChI=1S/C12H18ClNO5S/c1-5-14(8(2)7-18-4)12(15)10-6-11(9(3)19-10)20(13,16)17/h6,8H,5,7H2,1-4H3. The maximum atomic E-state index is 12.3. The van der Waals surface area contributed by atoms with E-state index >= 15 is 0 Å². The van der Waals surface area contributed by atoms with Crippen LogP contribution in [0.15, 0.2) is 15.4 Å². The molecule has 1 aromatic heterocycles. The first-order chi connectivity index (χ1) is 9.22. The average Bonchev–Trinajstić information content (AvgIpc) is 2.72. The summed E-state index contributed by atoms with van der Waals surface area (Å²) < 4.78 is 32.9. The Kier molecular flexibility index (Phi) is 5.61. The first kappa shape index (κ1) is 17.0. The zero-order chi connectivity index (χ0) is 15.5. The molecular formula is C12H18ClNO5S. The molecular weight excluding hydrogens is 306 g/mol. The van der Waals surface area contributed by atoms with E-state index in [2.05, 4.69) is 0 Å². The molecule has 1 heterocycles. The number of carbonyl (C=O) groups is 1. The van der Waals surface area contributed by atoms with Crippen LogP contribution < -0.4 is 0 Å². The first-order valence-electron chi connectivity index (χ1n) is 6.07. The molecule has 0 aliphatic heterocycles. The van der Waals surface area contributed by atoms with E-state index in [1.807, 2.05) is 13.8 Å². The predicted octanol–water partition coefficient (Wildman–Crippen LogP) is 2.01. The highest BCUT2D eigenvalue weighted by atomic mass is 35.7. The first-order valence-corrected chi connectivity index (χ1v) is 8.38. The summed E-state index contributed by atoms with van der Waals surface area (Å²) in [4.78, 5) is 13.7. The van der Waals surface area contributed by atoms with Crippen LogP contribution in [-0.4, -0.2) is 45.5 Å². The molecule has 1 aromatic rings. The van der Waals surface area contributed by atoms with Gasteiger partial charge in [-0.15, -0.1) is 0 Å². The Morgan fingerprint density at radius 3 is 2.55 bits per heavy atom. The molecule has 20 heavy (non-hydrogen) atoms. The number of methoxy groups -OCH3 is 1. The van der Waals surface area contributed by atoms with E-state index in [9.17, 15) is 13.2 Å². The molecule has 8 heteroatoms. The number of aryl methyl sites for hydroxylation is 1. The van der Waals surface area contributed by atoms with Gasteiger partial charge in [0.25, 0.3) is 15.0 Å². The zero-order valence-corrected chi connectivity index (χ0v) is 13.4. The summed E-state index contributed by atoms with van der Waals surface area (Å²) in [6.07, 6.45) is 0. The van der Waals surface area contributed by atoms with Gasteiger partial charge in [-0.1, -0.05) is 0 Å². The van der Waals surface area contributed by atoms with Crippen LogP contribution in [0.1, 0.15) is 30.2 Å². The van der Waals surface area contributed by atoms with Crippen molar-refractivity contribution in [2.24, 2.45) is 0 Å². The summed E-state index contributed by atoms with van der Waals surface area (Å²) in [5, 5.41) is 0. The summed E-state index contributed by atoms with van der Waals surface area (Å²) in [6, 6.07) is 1.00. The third-order valence-electron chi connectivity index (χ3n) is 2.89. The van der Waals surface area contributed by atoms with Crippen molar-refractivity contribution in [2.45, 2.75) is 31.7 Å². The maximum absolute atomic E-state index is 12.3. The van der Waals surface area contributed by atoms with Crippen molar-refractivity contribution in [1.29, 1.82) is 0 Å². The summed E-state index contributed by atoms with van der Waals surface area (Å²) in [5.74, 6) is -0.350. The van der Waals surface area contributed by atoms with Gasteiger partial charge in [0.05, 0.1) is 12.6 Å². The lowest BCUT2D eigenvalue weighted by molar-refractivity contribution is 0.0548. The fourth-order valence-electron chi connectivity index (χ4n) is 1.94. The molecule has 0 aliphatic rings. The van der Waals surface area contributed by atoms with Gasteiger partial charge >= 0.3 is 0 Å². The van der Waals surface area contributed by atoms with Gasteiger partial charge in [0.2, 0.25) is 0 Å². The fraction of sp³-hybridized carbons (Fsp3) is 0.583. The van der Waals surface area contributed by atoms with Crippen LogP contribution in [0.3, 0.4) is 0 Å². The van der Waals surface area contributed by atoms with E-state index in [-0.39, 0.29) is 22.5 Å². The van der Waals surface area contributed by atoms with Crippen molar-refractivity contribution in [3.05, 3.63) is 17.6 Å². The van der Waals surface area contributed by atoms with E-state index in [0.717, 1.165) is 6.07 Å². The van der Waals surface area contributed by atoms with Crippen LogP contribution in [0, 0.1) is 6.92 Å². The normalized spacial score (nSPS) is 13.2. The Labute approximate surface area is 123 Å². The lowest BCUT2D eigenvalue weighted by Gasteiger charge is -2.26. The lowest BCUT2D eigenvalue weighted by Crippen LogP contribution is -2.40. The molecule has 0 bridgehead atoms. The Morgan fingerprint density at radius 2 is 2.15 bits per heavy atom. The van der Waals surface area contributed by atoms with Gasteiger partial charge in [-0.25, -0.2) is 8.42 Å². The van der Waals surface area contributed by atoms with Gasteiger partial charge < -0.3 is 14.1 Å². The number of likely N-dealkylation sites (N-methyl/N-ethyl adjacent to an activating group) is 1. The van der Waals surface area contributed by atoms with Crippen molar-refractivity contribution in [3.63, 3.8) is 0 Å². The van der Waals surface area contributed by atoms with Crippen molar-refractivity contribution in [2.75, 3.05) is 20.3 Å².